The standard InChI is InChI=1S/C6H5S.ClH.Li/c7-6-4-2-1-3-5-6;;/h1-3H,4H2;1H;. The van der Waals surface area contributed by atoms with Gasteiger partial charge < -0.3 is 0 Å². The van der Waals surface area contributed by atoms with Gasteiger partial charge in [0.25, 0.3) is 0 Å². The summed E-state index contributed by atoms with van der Waals surface area (Å²) in [6.07, 6.45) is 7.13. The molecule has 0 saturated carbocycles. The van der Waals surface area contributed by atoms with E-state index in [9.17, 15) is 0 Å². The van der Waals surface area contributed by atoms with Crippen molar-refractivity contribution in [2.24, 2.45) is 0 Å². The Morgan fingerprint density at radius 1 is 1.56 bits per heavy atom. The molecular weight excluding hydrogens is 147 g/mol. The van der Waals surface area contributed by atoms with Crippen LogP contribution in [-0.2, 0) is 0 Å². The quantitative estimate of drug-likeness (QED) is 0.377. The molecule has 44 valence electrons. The van der Waals surface area contributed by atoms with Gasteiger partial charge in [0, 0.05) is 0 Å². The Balaban J connectivity index is 0.000000640. The van der Waals surface area contributed by atoms with Crippen LogP contribution in [0.5, 0.6) is 0 Å². The van der Waals surface area contributed by atoms with Crippen LogP contribution in [0.4, 0.5) is 0 Å². The average molecular weight is 153 g/mol. The van der Waals surface area contributed by atoms with E-state index >= 15 is 0 Å². The molecule has 0 spiro atoms. The van der Waals surface area contributed by atoms with Crippen molar-refractivity contribution in [3.63, 3.8) is 0 Å². The van der Waals surface area contributed by atoms with E-state index in [2.05, 4.69) is 6.08 Å². The molecule has 0 radical (unpaired) electrons. The van der Waals surface area contributed by atoms with Gasteiger partial charge in [0.1, 0.15) is 0 Å². The Morgan fingerprint density at radius 3 is 2.56 bits per heavy atom. The molecule has 0 aromatic rings. The molecule has 3 heteroatoms. The minimum absolute atomic E-state index is 0. The van der Waals surface area contributed by atoms with E-state index in [-0.39, 0.29) is 12.4 Å². The van der Waals surface area contributed by atoms with Crippen molar-refractivity contribution in [3.8, 4) is 0 Å². The van der Waals surface area contributed by atoms with Gasteiger partial charge in [-0.1, -0.05) is 0 Å². The van der Waals surface area contributed by atoms with Crippen LogP contribution in [0.3, 0.4) is 0 Å². The summed E-state index contributed by atoms with van der Waals surface area (Å²) in [5.41, 5.74) is 0. The summed E-state index contributed by atoms with van der Waals surface area (Å²) in [6.45, 7) is 0. The fourth-order valence-corrected chi connectivity index (χ4v) is 0.806. The van der Waals surface area contributed by atoms with Gasteiger partial charge in [0.2, 0.25) is 0 Å². The third kappa shape index (κ3) is 2.69. The van der Waals surface area contributed by atoms with Crippen LogP contribution in [0.25, 0.3) is 0 Å². The normalized spacial score (nSPS) is 16.7. The first kappa shape index (κ1) is 9.46. The zero-order valence-electron chi connectivity index (χ0n) is 5.26. The van der Waals surface area contributed by atoms with Crippen LogP contribution in [0.2, 0.25) is 0 Å². The second-order valence-corrected chi connectivity index (χ2v) is 2.40. The van der Waals surface area contributed by atoms with Crippen molar-refractivity contribution in [2.75, 3.05) is 0 Å². The molecule has 0 saturated heterocycles. The van der Waals surface area contributed by atoms with Crippen molar-refractivity contribution in [3.05, 3.63) is 22.5 Å². The molecule has 0 unspecified atom stereocenters. The fourth-order valence-electron chi connectivity index (χ4n) is 0.641. The summed E-state index contributed by atoms with van der Waals surface area (Å²) < 4.78 is 1.24. The van der Waals surface area contributed by atoms with Crippen LogP contribution < -0.4 is 0 Å². The van der Waals surface area contributed by atoms with E-state index in [1.807, 2.05) is 29.9 Å². The zero-order chi connectivity index (χ0) is 5.98. The monoisotopic (exact) mass is 152 g/mol. The maximum absolute atomic E-state index is 5.01. The number of hydrogen-bond donors (Lipinski definition) is 0. The first-order valence-corrected chi connectivity index (χ1v) is 3.08. The first-order chi connectivity index (χ1) is 3.80. The third-order valence-corrected chi connectivity index (χ3v) is 1.71. The Morgan fingerprint density at radius 2 is 2.22 bits per heavy atom. The van der Waals surface area contributed by atoms with Gasteiger partial charge >= 0.3 is 63.7 Å². The molecule has 1 rings (SSSR count). The topological polar surface area (TPSA) is 0 Å². The van der Waals surface area contributed by atoms with Crippen molar-refractivity contribution >= 4 is 47.2 Å². The van der Waals surface area contributed by atoms with E-state index in [0.717, 1.165) is 11.3 Å². The summed E-state index contributed by atoms with van der Waals surface area (Å²) in [4.78, 5) is 1.08. The van der Waals surface area contributed by atoms with Gasteiger partial charge in [-0.05, 0) is 0 Å². The van der Waals surface area contributed by atoms with Crippen LogP contribution in [0.15, 0.2) is 22.5 Å². The Hall–Kier alpha value is 0.457. The molecule has 0 nitrogen and oxygen atoms in total. The molecule has 0 fully saturated rings. The predicted octanol–water partition coefficient (Wildman–Crippen LogP) is 1.79. The minimum atomic E-state index is 0. The van der Waals surface area contributed by atoms with Crippen molar-refractivity contribution in [1.29, 1.82) is 0 Å². The second kappa shape index (κ2) is 4.30. The Kier molecular flexibility index (Phi) is 4.52. The van der Waals surface area contributed by atoms with Gasteiger partial charge in [-0.3, -0.25) is 0 Å². The van der Waals surface area contributed by atoms with E-state index in [1.54, 1.807) is 0 Å². The molecule has 0 N–H and O–H groups in total. The molecule has 0 heterocycles. The molecule has 0 aromatic heterocycles. The van der Waals surface area contributed by atoms with Crippen LogP contribution >= 0.6 is 24.6 Å². The summed E-state index contributed by atoms with van der Waals surface area (Å²) in [6, 6.07) is 0. The Bertz CT molecular complexity index is 172. The number of rotatable bonds is 0. The average Bonchev–Trinajstić information content (AvgIpc) is 1.77. The van der Waals surface area contributed by atoms with Gasteiger partial charge in [-0.2, -0.15) is 0 Å². The molecule has 0 aromatic carbocycles. The first-order valence-electron chi connectivity index (χ1n) is 2.67. The van der Waals surface area contributed by atoms with E-state index < -0.39 is 0 Å². The molecule has 0 bridgehead atoms. The number of allylic oxidation sites excluding steroid dienone is 4. The molecule has 9 heavy (non-hydrogen) atoms. The second-order valence-electron chi connectivity index (χ2n) is 1.91. The summed E-state index contributed by atoms with van der Waals surface area (Å²) >= 11 is 7.06. The van der Waals surface area contributed by atoms with Gasteiger partial charge in [-0.25, -0.2) is 0 Å². The third-order valence-electron chi connectivity index (χ3n) is 1.23. The summed E-state index contributed by atoms with van der Waals surface area (Å²) in [7, 11) is 0. The molecule has 1 aliphatic rings. The number of halogens is 1. The number of hydrogen-bond acceptors (Lipinski definition) is 1. The number of thiocarbonyl (C=S) groups is 1. The van der Waals surface area contributed by atoms with Crippen LogP contribution in [0.1, 0.15) is 6.42 Å². The van der Waals surface area contributed by atoms with E-state index in [0.29, 0.717) is 0 Å². The zero-order valence-corrected chi connectivity index (χ0v) is 6.89. The predicted molar refractivity (Wildman–Crippen MR) is 47.4 cm³/mol. The van der Waals surface area contributed by atoms with Crippen molar-refractivity contribution in [2.45, 2.75) is 6.42 Å². The molecule has 1 aliphatic carbocycles. The molecule has 0 aliphatic heterocycles. The Labute approximate surface area is 76.0 Å². The van der Waals surface area contributed by atoms with Crippen molar-refractivity contribution in [1.82, 2.24) is 0 Å². The van der Waals surface area contributed by atoms with E-state index in [4.69, 9.17) is 12.2 Å². The maximum atomic E-state index is 5.01. The summed E-state index contributed by atoms with van der Waals surface area (Å²) in [5.74, 6) is 0. The fraction of sp³-hybridized carbons (Fsp3) is 0.167. The van der Waals surface area contributed by atoms with E-state index in [1.165, 1.54) is 4.25 Å². The molecule has 0 atom stereocenters. The van der Waals surface area contributed by atoms with Gasteiger partial charge in [0.15, 0.2) is 0 Å². The summed E-state index contributed by atoms with van der Waals surface area (Å²) in [5, 5.41) is 0. The SMILES string of the molecule is Cl.[Li][C]1=CC=CCC1=S. The van der Waals surface area contributed by atoms with Crippen LogP contribution in [0, 0.1) is 0 Å². The molecule has 0 amide bonds. The van der Waals surface area contributed by atoms with Gasteiger partial charge in [-0.15, -0.1) is 12.4 Å². The van der Waals surface area contributed by atoms with Gasteiger partial charge in [0.05, 0.1) is 0 Å². The molecular formula is C6H6ClLiS. The van der Waals surface area contributed by atoms with Crippen LogP contribution in [-0.4, -0.2) is 22.6 Å². The van der Waals surface area contributed by atoms with Crippen molar-refractivity contribution < 1.29 is 0 Å².